The van der Waals surface area contributed by atoms with Gasteiger partial charge < -0.3 is 4.90 Å². The minimum atomic E-state index is -4.01. The molecule has 1 aliphatic heterocycles. The minimum absolute atomic E-state index is 0.0540. The summed E-state index contributed by atoms with van der Waals surface area (Å²) in [5.41, 5.74) is -0.119. The molecule has 2 atom stereocenters. The Morgan fingerprint density at radius 1 is 1.43 bits per heavy atom. The maximum atomic E-state index is 14.1. The van der Waals surface area contributed by atoms with Crippen molar-refractivity contribution in [3.05, 3.63) is 29.6 Å². The molecule has 0 saturated carbocycles. The summed E-state index contributed by atoms with van der Waals surface area (Å²) in [6.07, 6.45) is 2.60. The van der Waals surface area contributed by atoms with E-state index in [1.165, 1.54) is 6.07 Å². The molecule has 1 aliphatic rings. The zero-order chi connectivity index (χ0) is 15.8. The Labute approximate surface area is 128 Å². The average molecular weight is 334 g/mol. The second kappa shape index (κ2) is 5.93. The zero-order valence-corrected chi connectivity index (χ0v) is 13.4. The summed E-state index contributed by atoms with van der Waals surface area (Å²) < 4.78 is 36.4. The van der Waals surface area contributed by atoms with Crippen molar-refractivity contribution in [3.8, 4) is 0 Å². The van der Waals surface area contributed by atoms with E-state index in [1.54, 1.807) is 4.90 Å². The molecule has 0 aromatic heterocycles. The molecule has 7 heteroatoms. The van der Waals surface area contributed by atoms with E-state index in [4.69, 9.17) is 10.7 Å². The summed E-state index contributed by atoms with van der Waals surface area (Å²) in [5.74, 6) is -1.27. The van der Waals surface area contributed by atoms with Gasteiger partial charge in [0.1, 0.15) is 5.82 Å². The molecule has 0 radical (unpaired) electrons. The monoisotopic (exact) mass is 333 g/mol. The molecule has 2 unspecified atom stereocenters. The molecular formula is C14H17ClFNO3S. The first-order valence-corrected chi connectivity index (χ1v) is 9.13. The van der Waals surface area contributed by atoms with Gasteiger partial charge in [-0.25, -0.2) is 12.8 Å². The molecule has 1 aromatic carbocycles. The fraction of sp³-hybridized carbons (Fsp3) is 0.500. The van der Waals surface area contributed by atoms with Gasteiger partial charge in [0.05, 0.1) is 10.5 Å². The Kier molecular flexibility index (Phi) is 4.58. The van der Waals surface area contributed by atoms with Gasteiger partial charge in [-0.15, -0.1) is 0 Å². The van der Waals surface area contributed by atoms with Crippen LogP contribution in [0.5, 0.6) is 0 Å². The van der Waals surface area contributed by atoms with E-state index in [1.807, 2.05) is 13.8 Å². The molecule has 0 aliphatic carbocycles. The van der Waals surface area contributed by atoms with E-state index in [-0.39, 0.29) is 22.5 Å². The predicted molar refractivity (Wildman–Crippen MR) is 78.4 cm³/mol. The summed E-state index contributed by atoms with van der Waals surface area (Å²) in [7, 11) is 1.16. The quantitative estimate of drug-likeness (QED) is 0.798. The van der Waals surface area contributed by atoms with Crippen LogP contribution in [0.3, 0.4) is 0 Å². The first kappa shape index (κ1) is 16.2. The summed E-state index contributed by atoms with van der Waals surface area (Å²) >= 11 is 0. The number of rotatable bonds is 3. The lowest BCUT2D eigenvalue weighted by Crippen LogP contribution is -2.40. The van der Waals surface area contributed by atoms with E-state index in [0.29, 0.717) is 0 Å². The van der Waals surface area contributed by atoms with Gasteiger partial charge in [-0.05, 0) is 44.4 Å². The summed E-state index contributed by atoms with van der Waals surface area (Å²) in [4.78, 5) is 13.9. The van der Waals surface area contributed by atoms with E-state index >= 15 is 0 Å². The molecule has 21 heavy (non-hydrogen) atoms. The third kappa shape index (κ3) is 3.21. The largest absolute Gasteiger partial charge is 0.333 e. The molecule has 0 spiro atoms. The van der Waals surface area contributed by atoms with E-state index < -0.39 is 20.8 Å². The van der Waals surface area contributed by atoms with E-state index in [9.17, 15) is 17.6 Å². The van der Waals surface area contributed by atoms with Crippen LogP contribution in [-0.4, -0.2) is 31.3 Å². The highest BCUT2D eigenvalue weighted by Gasteiger charge is 2.34. The summed E-state index contributed by atoms with van der Waals surface area (Å²) in [5, 5.41) is 0. The van der Waals surface area contributed by atoms with Gasteiger partial charge in [0, 0.05) is 22.8 Å². The van der Waals surface area contributed by atoms with Crippen molar-refractivity contribution in [1.29, 1.82) is 0 Å². The number of hydrogen-bond acceptors (Lipinski definition) is 3. The van der Waals surface area contributed by atoms with Crippen LogP contribution in [0.4, 0.5) is 4.39 Å². The van der Waals surface area contributed by atoms with Crippen LogP contribution in [0.25, 0.3) is 0 Å². The van der Waals surface area contributed by atoms with Crippen LogP contribution in [0.1, 0.15) is 43.5 Å². The number of benzene rings is 1. The molecule has 4 nitrogen and oxygen atoms in total. The Balaban J connectivity index is 2.36. The highest BCUT2D eigenvalue weighted by atomic mass is 35.7. The third-order valence-electron chi connectivity index (χ3n) is 3.94. The number of hydrogen-bond donors (Lipinski definition) is 0. The predicted octanol–water partition coefficient (Wildman–Crippen LogP) is 3.16. The van der Waals surface area contributed by atoms with Gasteiger partial charge in [0.25, 0.3) is 15.0 Å². The molecule has 1 heterocycles. The summed E-state index contributed by atoms with van der Waals surface area (Å²) in [6, 6.07) is 3.28. The van der Waals surface area contributed by atoms with Gasteiger partial charge in [-0.3, -0.25) is 4.79 Å². The van der Waals surface area contributed by atoms with Crippen molar-refractivity contribution in [3.63, 3.8) is 0 Å². The third-order valence-corrected chi connectivity index (χ3v) is 5.30. The highest BCUT2D eigenvalue weighted by molar-refractivity contribution is 8.13. The van der Waals surface area contributed by atoms with E-state index in [2.05, 4.69) is 0 Å². The number of carbonyl (C=O) groups is 1. The zero-order valence-electron chi connectivity index (χ0n) is 11.8. The molecule has 2 rings (SSSR count). The van der Waals surface area contributed by atoms with Crippen LogP contribution in [-0.2, 0) is 9.05 Å². The lowest BCUT2D eigenvalue weighted by molar-refractivity contribution is 0.0671. The topological polar surface area (TPSA) is 54.5 Å². The Bertz CT molecular complexity index is 662. The second-order valence-electron chi connectivity index (χ2n) is 5.28. The standard InChI is InChI=1S/C14H17ClFNO3S/c1-3-10-5-4-9(2)17(10)14(18)12-7-6-11(8-13(12)16)21(15,19)20/h6-10H,3-5H2,1-2H3. The SMILES string of the molecule is CCC1CCC(C)N1C(=O)c1ccc(S(=O)(=O)Cl)cc1F. The van der Waals surface area contributed by atoms with E-state index in [0.717, 1.165) is 31.4 Å². The number of carbonyl (C=O) groups excluding carboxylic acids is 1. The van der Waals surface area contributed by atoms with Crippen molar-refractivity contribution in [2.24, 2.45) is 0 Å². The number of amides is 1. The number of halogens is 2. The normalized spacial score (nSPS) is 22.6. The van der Waals surface area contributed by atoms with Crippen molar-refractivity contribution >= 4 is 25.6 Å². The van der Waals surface area contributed by atoms with Crippen LogP contribution in [0.2, 0.25) is 0 Å². The van der Waals surface area contributed by atoms with Crippen molar-refractivity contribution in [2.75, 3.05) is 0 Å². The smallest absolute Gasteiger partial charge is 0.261 e. The molecule has 1 fully saturated rings. The Morgan fingerprint density at radius 3 is 2.62 bits per heavy atom. The number of likely N-dealkylation sites (tertiary alicyclic amines) is 1. The van der Waals surface area contributed by atoms with Crippen LogP contribution in [0, 0.1) is 5.82 Å². The first-order chi connectivity index (χ1) is 9.75. The van der Waals surface area contributed by atoms with Crippen molar-refractivity contribution < 1.29 is 17.6 Å². The lowest BCUT2D eigenvalue weighted by atomic mass is 10.1. The molecule has 1 amide bonds. The van der Waals surface area contributed by atoms with Crippen LogP contribution < -0.4 is 0 Å². The minimum Gasteiger partial charge on any atom is -0.333 e. The Morgan fingerprint density at radius 2 is 2.10 bits per heavy atom. The summed E-state index contributed by atoms with van der Waals surface area (Å²) in [6.45, 7) is 3.92. The second-order valence-corrected chi connectivity index (χ2v) is 7.85. The van der Waals surface area contributed by atoms with Crippen LogP contribution in [0.15, 0.2) is 23.1 Å². The average Bonchev–Trinajstić information content (AvgIpc) is 2.78. The molecular weight excluding hydrogens is 317 g/mol. The molecule has 116 valence electrons. The first-order valence-electron chi connectivity index (χ1n) is 6.82. The maximum Gasteiger partial charge on any atom is 0.261 e. The highest BCUT2D eigenvalue weighted by Crippen LogP contribution is 2.29. The fourth-order valence-electron chi connectivity index (χ4n) is 2.80. The van der Waals surface area contributed by atoms with Crippen molar-refractivity contribution in [1.82, 2.24) is 4.90 Å². The molecule has 1 aromatic rings. The molecule has 1 saturated heterocycles. The lowest BCUT2D eigenvalue weighted by Gasteiger charge is -2.28. The van der Waals surface area contributed by atoms with Gasteiger partial charge in [0.2, 0.25) is 0 Å². The number of nitrogens with zero attached hydrogens (tertiary/aromatic N) is 1. The molecule has 0 bridgehead atoms. The van der Waals surface area contributed by atoms with Gasteiger partial charge in [0.15, 0.2) is 0 Å². The van der Waals surface area contributed by atoms with Crippen molar-refractivity contribution in [2.45, 2.75) is 50.1 Å². The molecule has 0 N–H and O–H groups in total. The van der Waals surface area contributed by atoms with Gasteiger partial charge >= 0.3 is 0 Å². The maximum absolute atomic E-state index is 14.1. The van der Waals surface area contributed by atoms with Crippen LogP contribution >= 0.6 is 10.7 Å². The van der Waals surface area contributed by atoms with Gasteiger partial charge in [-0.2, -0.15) is 0 Å². The van der Waals surface area contributed by atoms with Gasteiger partial charge in [-0.1, -0.05) is 6.92 Å². The Hall–Kier alpha value is -1.14. The fourth-order valence-corrected chi connectivity index (χ4v) is 3.56.